The number of nitriles is 3. The SMILES string of the molecule is CC1C2(c3ccccc3)OC(=N)C1(C#N)C(C#N)(C#N)C(c1ccc(Cl)cc1Cl)O2. The van der Waals surface area contributed by atoms with Crippen LogP contribution >= 0.6 is 23.2 Å². The predicted octanol–water partition coefficient (Wildman–Crippen LogP) is 5.10. The average Bonchev–Trinajstić information content (AvgIpc) is 2.91. The molecule has 4 rings (SSSR count). The molecular weight excluding hydrogens is 423 g/mol. The zero-order chi connectivity index (χ0) is 21.7. The fourth-order valence-electron chi connectivity index (χ4n) is 4.53. The topological polar surface area (TPSA) is 114 Å². The van der Waals surface area contributed by atoms with Gasteiger partial charge in [0.1, 0.15) is 6.10 Å². The lowest BCUT2D eigenvalue weighted by Gasteiger charge is -2.48. The van der Waals surface area contributed by atoms with Gasteiger partial charge in [0, 0.05) is 21.2 Å². The fourth-order valence-corrected chi connectivity index (χ4v) is 5.04. The van der Waals surface area contributed by atoms with E-state index in [-0.39, 0.29) is 5.02 Å². The molecule has 2 aliphatic rings. The molecule has 2 aliphatic heterocycles. The van der Waals surface area contributed by atoms with Gasteiger partial charge in [0.25, 0.3) is 0 Å². The molecule has 0 aromatic heterocycles. The first kappa shape index (κ1) is 20.2. The van der Waals surface area contributed by atoms with Crippen molar-refractivity contribution >= 4 is 29.1 Å². The molecule has 2 bridgehead atoms. The van der Waals surface area contributed by atoms with Crippen LogP contribution in [0.25, 0.3) is 0 Å². The molecule has 2 aromatic carbocycles. The summed E-state index contributed by atoms with van der Waals surface area (Å²) in [6.45, 7) is 1.65. The number of rotatable bonds is 2. The van der Waals surface area contributed by atoms with E-state index in [2.05, 4.69) is 6.07 Å². The lowest BCUT2D eigenvalue weighted by molar-refractivity contribution is -0.288. The van der Waals surface area contributed by atoms with E-state index in [0.717, 1.165) is 0 Å². The van der Waals surface area contributed by atoms with Crippen LogP contribution in [0, 0.1) is 56.2 Å². The lowest BCUT2D eigenvalue weighted by atomic mass is 9.53. The molecule has 0 spiro atoms. The summed E-state index contributed by atoms with van der Waals surface area (Å²) < 4.78 is 12.3. The van der Waals surface area contributed by atoms with E-state index < -0.39 is 34.5 Å². The first-order valence-electron chi connectivity index (χ1n) is 9.03. The van der Waals surface area contributed by atoms with E-state index >= 15 is 0 Å². The average molecular weight is 437 g/mol. The molecule has 4 unspecified atom stereocenters. The van der Waals surface area contributed by atoms with Crippen LogP contribution < -0.4 is 0 Å². The highest BCUT2D eigenvalue weighted by Gasteiger charge is 2.79. The first-order valence-corrected chi connectivity index (χ1v) is 9.78. The summed E-state index contributed by atoms with van der Waals surface area (Å²) in [6.07, 6.45) is -1.27. The van der Waals surface area contributed by atoms with Crippen molar-refractivity contribution in [1.82, 2.24) is 0 Å². The third kappa shape index (κ3) is 2.23. The van der Waals surface area contributed by atoms with Crippen molar-refractivity contribution in [2.24, 2.45) is 16.7 Å². The second-order valence-electron chi connectivity index (χ2n) is 7.30. The molecule has 0 radical (unpaired) electrons. The van der Waals surface area contributed by atoms with Crippen molar-refractivity contribution in [2.45, 2.75) is 18.8 Å². The summed E-state index contributed by atoms with van der Waals surface area (Å²) in [6, 6.07) is 19.5. The molecule has 6 nitrogen and oxygen atoms in total. The van der Waals surface area contributed by atoms with Crippen molar-refractivity contribution in [2.75, 3.05) is 0 Å². The standard InChI is InChI=1S/C22H14Cl2N4O2/c1-13-21(12-27)19(28)30-22(13,14-5-3-2-4-6-14)29-18(20(21,10-25)11-26)16-8-7-15(23)9-17(16)24/h2-9,13,18,28H,1H3. The molecule has 30 heavy (non-hydrogen) atoms. The van der Waals surface area contributed by atoms with Gasteiger partial charge >= 0.3 is 0 Å². The minimum absolute atomic E-state index is 0.180. The molecule has 2 fully saturated rings. The third-order valence-corrected chi connectivity index (χ3v) is 6.65. The molecule has 8 heteroatoms. The monoisotopic (exact) mass is 436 g/mol. The largest absolute Gasteiger partial charge is 0.443 e. The molecule has 0 saturated carbocycles. The van der Waals surface area contributed by atoms with Crippen LogP contribution in [0.5, 0.6) is 0 Å². The van der Waals surface area contributed by atoms with Crippen LogP contribution in [-0.2, 0) is 15.3 Å². The summed E-state index contributed by atoms with van der Waals surface area (Å²) in [5, 5.41) is 39.8. The van der Waals surface area contributed by atoms with Crippen LogP contribution in [0.1, 0.15) is 24.2 Å². The second kappa shape index (κ2) is 6.73. The number of hydrogen-bond acceptors (Lipinski definition) is 6. The molecule has 0 aliphatic carbocycles. The highest BCUT2D eigenvalue weighted by atomic mass is 35.5. The Balaban J connectivity index is 2.07. The smallest absolute Gasteiger partial charge is 0.244 e. The molecule has 2 aromatic rings. The molecular formula is C22H14Cl2N4O2. The second-order valence-corrected chi connectivity index (χ2v) is 8.15. The number of ether oxygens (including phenoxy) is 2. The van der Waals surface area contributed by atoms with Gasteiger partial charge in [-0.1, -0.05) is 66.5 Å². The molecule has 4 atom stereocenters. The molecule has 1 N–H and O–H groups in total. The summed E-state index contributed by atoms with van der Waals surface area (Å²) in [4.78, 5) is 0. The number of nitrogens with zero attached hydrogens (tertiary/aromatic N) is 3. The Morgan fingerprint density at radius 1 is 1.00 bits per heavy atom. The number of halogens is 2. The van der Waals surface area contributed by atoms with Gasteiger partial charge in [-0.2, -0.15) is 15.8 Å². The van der Waals surface area contributed by atoms with Gasteiger partial charge in [0.2, 0.25) is 17.1 Å². The highest BCUT2D eigenvalue weighted by Crippen LogP contribution is 2.69. The molecule has 148 valence electrons. The first-order chi connectivity index (χ1) is 14.3. The number of nitrogens with one attached hydrogen (secondary N) is 1. The van der Waals surface area contributed by atoms with Gasteiger partial charge in [0.05, 0.1) is 24.1 Å². The maximum absolute atomic E-state index is 10.3. The predicted molar refractivity (Wildman–Crippen MR) is 108 cm³/mol. The van der Waals surface area contributed by atoms with Crippen LogP contribution in [-0.4, -0.2) is 5.90 Å². The Labute approximate surface area is 183 Å². The summed E-state index contributed by atoms with van der Waals surface area (Å²) in [7, 11) is 0. The zero-order valence-corrected chi connectivity index (χ0v) is 17.2. The Hall–Kier alpha value is -3.08. The normalized spacial score (nSPS) is 31.1. The van der Waals surface area contributed by atoms with Crippen molar-refractivity contribution in [1.29, 1.82) is 21.2 Å². The summed E-state index contributed by atoms with van der Waals surface area (Å²) in [5.41, 5.74) is -3.07. The zero-order valence-electron chi connectivity index (χ0n) is 15.7. The van der Waals surface area contributed by atoms with Crippen LogP contribution in [0.3, 0.4) is 0 Å². The Kier molecular flexibility index (Phi) is 4.53. The number of fused-ring (bicyclic) bond motifs is 2. The minimum Gasteiger partial charge on any atom is -0.443 e. The van der Waals surface area contributed by atoms with Crippen molar-refractivity contribution in [3.8, 4) is 18.2 Å². The number of hydrogen-bond donors (Lipinski definition) is 1. The van der Waals surface area contributed by atoms with Crippen LogP contribution in [0.4, 0.5) is 0 Å². The van der Waals surface area contributed by atoms with E-state index in [1.807, 2.05) is 18.2 Å². The maximum atomic E-state index is 10.3. The van der Waals surface area contributed by atoms with Gasteiger partial charge in [0.15, 0.2) is 5.41 Å². The van der Waals surface area contributed by atoms with Gasteiger partial charge in [-0.25, -0.2) is 0 Å². The number of benzene rings is 2. The summed E-state index contributed by atoms with van der Waals surface area (Å²) in [5.74, 6) is -2.85. The van der Waals surface area contributed by atoms with Crippen LogP contribution in [0.15, 0.2) is 48.5 Å². The fraction of sp³-hybridized carbons (Fsp3) is 0.273. The maximum Gasteiger partial charge on any atom is 0.244 e. The van der Waals surface area contributed by atoms with Crippen LogP contribution in [0.2, 0.25) is 10.0 Å². The van der Waals surface area contributed by atoms with E-state index in [1.165, 1.54) is 6.07 Å². The molecule has 2 saturated heterocycles. The summed E-state index contributed by atoms with van der Waals surface area (Å²) >= 11 is 12.4. The van der Waals surface area contributed by atoms with Gasteiger partial charge in [-0.3, -0.25) is 5.41 Å². The van der Waals surface area contributed by atoms with Gasteiger partial charge in [-0.15, -0.1) is 0 Å². The quantitative estimate of drug-likeness (QED) is 0.702. The third-order valence-electron chi connectivity index (χ3n) is 6.09. The molecule has 0 amide bonds. The van der Waals surface area contributed by atoms with Gasteiger partial charge in [-0.05, 0) is 12.1 Å². The van der Waals surface area contributed by atoms with E-state index in [0.29, 0.717) is 16.1 Å². The molecule has 2 heterocycles. The van der Waals surface area contributed by atoms with E-state index in [9.17, 15) is 15.8 Å². The van der Waals surface area contributed by atoms with Gasteiger partial charge < -0.3 is 9.47 Å². The van der Waals surface area contributed by atoms with Crippen molar-refractivity contribution in [3.63, 3.8) is 0 Å². The highest BCUT2D eigenvalue weighted by molar-refractivity contribution is 6.35. The van der Waals surface area contributed by atoms with E-state index in [4.69, 9.17) is 38.1 Å². The van der Waals surface area contributed by atoms with E-state index in [1.54, 1.807) is 43.3 Å². The van der Waals surface area contributed by atoms with Crippen molar-refractivity contribution < 1.29 is 9.47 Å². The Morgan fingerprint density at radius 2 is 1.67 bits per heavy atom. The Bertz CT molecular complexity index is 1170. The van der Waals surface area contributed by atoms with Crippen molar-refractivity contribution in [3.05, 3.63) is 69.7 Å². The Morgan fingerprint density at radius 3 is 2.23 bits per heavy atom. The minimum atomic E-state index is -2.08. The lowest BCUT2D eigenvalue weighted by Crippen LogP contribution is -2.57.